The third-order valence-electron chi connectivity index (χ3n) is 3.12. The first-order valence-corrected chi connectivity index (χ1v) is 7.62. The number of nitrogens with zero attached hydrogens (tertiary/aromatic N) is 1. The Balaban J connectivity index is 2.12. The van der Waals surface area contributed by atoms with Crippen LogP contribution in [0.4, 0.5) is 0 Å². The second-order valence-electron chi connectivity index (χ2n) is 4.68. The highest BCUT2D eigenvalue weighted by molar-refractivity contribution is 7.99. The van der Waals surface area contributed by atoms with E-state index in [9.17, 15) is 0 Å². The fourth-order valence-corrected chi connectivity index (χ4v) is 3.04. The van der Waals surface area contributed by atoms with E-state index in [4.69, 9.17) is 0 Å². The zero-order valence-electron chi connectivity index (χ0n) is 11.7. The van der Waals surface area contributed by atoms with Gasteiger partial charge in [0.2, 0.25) is 0 Å². The summed E-state index contributed by atoms with van der Waals surface area (Å²) in [6, 6.07) is 7.01. The summed E-state index contributed by atoms with van der Waals surface area (Å²) in [6.07, 6.45) is 3.66. The molecule has 0 aliphatic rings. The summed E-state index contributed by atoms with van der Waals surface area (Å²) in [5.41, 5.74) is 4.05. The van der Waals surface area contributed by atoms with Crippen LogP contribution in [0, 0.1) is 13.8 Å². The topological polar surface area (TPSA) is 40.7 Å². The maximum absolute atomic E-state index is 4.26. The molecule has 19 heavy (non-hydrogen) atoms. The Labute approximate surface area is 119 Å². The van der Waals surface area contributed by atoms with Gasteiger partial charge in [-0.15, -0.1) is 0 Å². The number of thioether (sulfide) groups is 1. The monoisotopic (exact) mass is 275 g/mol. The number of hydrogen-bond acceptors (Lipinski definition) is 3. The molecule has 3 nitrogen and oxygen atoms in total. The minimum atomic E-state index is 0.361. The highest BCUT2D eigenvalue weighted by Gasteiger charge is 2.14. The summed E-state index contributed by atoms with van der Waals surface area (Å²) in [4.78, 5) is 7.40. The van der Waals surface area contributed by atoms with Crippen molar-refractivity contribution in [2.75, 3.05) is 12.3 Å². The summed E-state index contributed by atoms with van der Waals surface area (Å²) in [5, 5.41) is 4.55. The molecule has 1 aromatic heterocycles. The average molecular weight is 275 g/mol. The van der Waals surface area contributed by atoms with E-state index in [0.717, 1.165) is 17.5 Å². The molecule has 0 saturated carbocycles. The van der Waals surface area contributed by atoms with Gasteiger partial charge in [-0.1, -0.05) is 42.4 Å². The smallest absolute Gasteiger partial charge is 0.165 e. The lowest BCUT2D eigenvalue weighted by Gasteiger charge is -2.20. The summed E-state index contributed by atoms with van der Waals surface area (Å²) >= 11 is 1.76. The van der Waals surface area contributed by atoms with Gasteiger partial charge in [0.25, 0.3) is 0 Å². The minimum absolute atomic E-state index is 0.361. The van der Waals surface area contributed by atoms with Crippen LogP contribution in [-0.4, -0.2) is 22.3 Å². The summed E-state index contributed by atoms with van der Waals surface area (Å²) in [7, 11) is 0. The summed E-state index contributed by atoms with van der Waals surface area (Å²) in [6.45, 7) is 7.44. The summed E-state index contributed by atoms with van der Waals surface area (Å²) in [5.74, 6) is 0.978. The zero-order valence-corrected chi connectivity index (χ0v) is 12.6. The second kappa shape index (κ2) is 6.78. The number of imidazole rings is 1. The van der Waals surface area contributed by atoms with Crippen LogP contribution in [-0.2, 0) is 0 Å². The van der Waals surface area contributed by atoms with Crippen molar-refractivity contribution in [3.05, 3.63) is 47.3 Å². The van der Waals surface area contributed by atoms with Gasteiger partial charge < -0.3 is 10.3 Å². The van der Waals surface area contributed by atoms with E-state index in [1.165, 1.54) is 16.7 Å². The van der Waals surface area contributed by atoms with E-state index in [2.05, 4.69) is 54.3 Å². The van der Waals surface area contributed by atoms with Gasteiger partial charge in [-0.3, -0.25) is 0 Å². The maximum atomic E-state index is 4.26. The predicted octanol–water partition coefficient (Wildman–Crippen LogP) is 3.47. The van der Waals surface area contributed by atoms with E-state index in [1.54, 1.807) is 18.0 Å². The van der Waals surface area contributed by atoms with Crippen molar-refractivity contribution in [1.29, 1.82) is 0 Å². The van der Waals surface area contributed by atoms with Gasteiger partial charge in [-0.2, -0.15) is 0 Å². The molecule has 0 amide bonds. The molecule has 1 aromatic carbocycles. The van der Waals surface area contributed by atoms with Crippen LogP contribution in [0.3, 0.4) is 0 Å². The van der Waals surface area contributed by atoms with E-state index in [-0.39, 0.29) is 0 Å². The molecule has 1 heterocycles. The maximum Gasteiger partial charge on any atom is 0.165 e. The lowest BCUT2D eigenvalue weighted by molar-refractivity contribution is 0.602. The van der Waals surface area contributed by atoms with Crippen LogP contribution >= 0.6 is 11.8 Å². The largest absolute Gasteiger partial charge is 0.340 e. The lowest BCUT2D eigenvalue weighted by atomic mass is 10.00. The summed E-state index contributed by atoms with van der Waals surface area (Å²) < 4.78 is 0. The Kier molecular flexibility index (Phi) is 5.05. The van der Waals surface area contributed by atoms with E-state index >= 15 is 0 Å². The fraction of sp³-hybridized carbons (Fsp3) is 0.400. The van der Waals surface area contributed by atoms with Crippen molar-refractivity contribution in [2.45, 2.75) is 32.0 Å². The number of hydrogen-bond donors (Lipinski definition) is 2. The van der Waals surface area contributed by atoms with Gasteiger partial charge in [-0.05, 0) is 31.5 Å². The van der Waals surface area contributed by atoms with E-state index in [1.807, 2.05) is 6.20 Å². The number of H-pyrrole nitrogens is 1. The number of benzene rings is 1. The molecule has 0 aliphatic heterocycles. The molecule has 0 saturated heterocycles. The van der Waals surface area contributed by atoms with Gasteiger partial charge in [0.05, 0.1) is 0 Å². The SMILES string of the molecule is CCNC(CSc1ncc[nH]1)c1cc(C)ccc1C. The van der Waals surface area contributed by atoms with Crippen LogP contribution < -0.4 is 5.32 Å². The first kappa shape index (κ1) is 14.2. The molecule has 0 radical (unpaired) electrons. The first-order chi connectivity index (χ1) is 9.20. The molecule has 4 heteroatoms. The Morgan fingerprint density at radius 3 is 2.89 bits per heavy atom. The third-order valence-corrected chi connectivity index (χ3v) is 4.12. The minimum Gasteiger partial charge on any atom is -0.340 e. The Bertz CT molecular complexity index is 508. The Morgan fingerprint density at radius 2 is 2.21 bits per heavy atom. The number of aromatic amines is 1. The van der Waals surface area contributed by atoms with Crippen LogP contribution in [0.2, 0.25) is 0 Å². The van der Waals surface area contributed by atoms with Crippen molar-refractivity contribution in [2.24, 2.45) is 0 Å². The van der Waals surface area contributed by atoms with Crippen LogP contribution in [0.1, 0.15) is 29.7 Å². The van der Waals surface area contributed by atoms with E-state index in [0.29, 0.717) is 6.04 Å². The normalized spacial score (nSPS) is 12.6. The van der Waals surface area contributed by atoms with Crippen molar-refractivity contribution < 1.29 is 0 Å². The number of aryl methyl sites for hydroxylation is 2. The first-order valence-electron chi connectivity index (χ1n) is 6.63. The van der Waals surface area contributed by atoms with Crippen LogP contribution in [0.15, 0.2) is 35.7 Å². The highest BCUT2D eigenvalue weighted by atomic mass is 32.2. The standard InChI is InChI=1S/C15H21N3S/c1-4-16-14(10-19-15-17-7-8-18-15)13-9-11(2)5-6-12(13)3/h5-9,14,16H,4,10H2,1-3H3,(H,17,18). The molecule has 1 unspecified atom stereocenters. The molecule has 2 N–H and O–H groups in total. The number of aromatic nitrogens is 2. The van der Waals surface area contributed by atoms with Crippen molar-refractivity contribution in [3.63, 3.8) is 0 Å². The molecule has 0 spiro atoms. The molecule has 102 valence electrons. The second-order valence-corrected chi connectivity index (χ2v) is 5.68. The van der Waals surface area contributed by atoms with Crippen LogP contribution in [0.25, 0.3) is 0 Å². The molecular weight excluding hydrogens is 254 g/mol. The predicted molar refractivity (Wildman–Crippen MR) is 81.6 cm³/mol. The van der Waals surface area contributed by atoms with Gasteiger partial charge >= 0.3 is 0 Å². The van der Waals surface area contributed by atoms with Crippen molar-refractivity contribution in [1.82, 2.24) is 15.3 Å². The fourth-order valence-electron chi connectivity index (χ4n) is 2.13. The Hall–Kier alpha value is -1.26. The molecule has 0 fully saturated rings. The quantitative estimate of drug-likeness (QED) is 0.793. The highest BCUT2D eigenvalue weighted by Crippen LogP contribution is 2.25. The molecule has 1 atom stereocenters. The third kappa shape index (κ3) is 3.85. The van der Waals surface area contributed by atoms with Gasteiger partial charge in [0.15, 0.2) is 5.16 Å². The Morgan fingerprint density at radius 1 is 1.37 bits per heavy atom. The van der Waals surface area contributed by atoms with Gasteiger partial charge in [0, 0.05) is 24.2 Å². The van der Waals surface area contributed by atoms with Crippen LogP contribution in [0.5, 0.6) is 0 Å². The van der Waals surface area contributed by atoms with Crippen molar-refractivity contribution >= 4 is 11.8 Å². The molecule has 2 aromatic rings. The van der Waals surface area contributed by atoms with Gasteiger partial charge in [0.1, 0.15) is 0 Å². The average Bonchev–Trinajstić information content (AvgIpc) is 2.91. The lowest BCUT2D eigenvalue weighted by Crippen LogP contribution is -2.24. The van der Waals surface area contributed by atoms with Crippen molar-refractivity contribution in [3.8, 4) is 0 Å². The molecule has 2 rings (SSSR count). The molecule has 0 aliphatic carbocycles. The van der Waals surface area contributed by atoms with E-state index < -0.39 is 0 Å². The number of nitrogens with one attached hydrogen (secondary N) is 2. The van der Waals surface area contributed by atoms with Gasteiger partial charge in [-0.25, -0.2) is 4.98 Å². The molecular formula is C15H21N3S. The number of rotatable bonds is 6. The molecule has 0 bridgehead atoms. The zero-order chi connectivity index (χ0) is 13.7.